The van der Waals surface area contributed by atoms with Gasteiger partial charge in [0.15, 0.2) is 0 Å². The Kier molecular flexibility index (Phi) is 9.58. The lowest BCUT2D eigenvalue weighted by molar-refractivity contribution is -0.119. The fraction of sp³-hybridized carbons (Fsp3) is 0.318. The first-order valence-corrected chi connectivity index (χ1v) is 10.3. The minimum atomic E-state index is -0.556. The summed E-state index contributed by atoms with van der Waals surface area (Å²) in [7, 11) is 0. The summed E-state index contributed by atoms with van der Waals surface area (Å²) in [5.41, 5.74) is 15.8. The third-order valence-corrected chi connectivity index (χ3v) is 4.74. The van der Waals surface area contributed by atoms with Gasteiger partial charge in [-0.2, -0.15) is 0 Å². The highest BCUT2D eigenvalue weighted by Crippen LogP contribution is 2.28. The molecule has 1 fully saturated rings. The van der Waals surface area contributed by atoms with E-state index in [1.54, 1.807) is 24.4 Å². The zero-order chi connectivity index (χ0) is 24.4. The summed E-state index contributed by atoms with van der Waals surface area (Å²) in [5, 5.41) is 2.60. The average molecular weight is 460 g/mol. The number of anilines is 1. The molecular weight excluding hydrogens is 429 g/mol. The maximum atomic E-state index is 14.5. The molecule has 33 heavy (non-hydrogen) atoms. The summed E-state index contributed by atoms with van der Waals surface area (Å²) in [6, 6.07) is 8.20. The van der Waals surface area contributed by atoms with E-state index in [-0.39, 0.29) is 19.0 Å². The van der Waals surface area contributed by atoms with E-state index in [4.69, 9.17) is 22.0 Å². The van der Waals surface area contributed by atoms with Gasteiger partial charge in [-0.05, 0) is 37.7 Å². The Morgan fingerprint density at radius 1 is 1.36 bits per heavy atom. The Balaban J connectivity index is 0.000000414. The molecule has 1 atom stereocenters. The summed E-state index contributed by atoms with van der Waals surface area (Å²) in [5.74, 6) is 4.37. The largest absolute Gasteiger partial charge is 0.442 e. The van der Waals surface area contributed by atoms with Gasteiger partial charge in [-0.1, -0.05) is 6.07 Å². The Morgan fingerprint density at radius 2 is 2.12 bits per heavy atom. The van der Waals surface area contributed by atoms with Crippen LogP contribution in [0.5, 0.6) is 0 Å². The van der Waals surface area contributed by atoms with Crippen molar-refractivity contribution < 1.29 is 18.7 Å². The first-order valence-electron chi connectivity index (χ1n) is 10.3. The Labute approximate surface area is 191 Å². The Bertz CT molecular complexity index is 982. The number of hydrogen-bond acceptors (Lipinski definition) is 8. The first-order chi connectivity index (χ1) is 15.8. The number of rotatable bonds is 7. The number of aromatic nitrogens is 1. The maximum absolute atomic E-state index is 14.5. The van der Waals surface area contributed by atoms with E-state index in [9.17, 15) is 14.0 Å². The number of nitrogens with one attached hydrogen (secondary N) is 2. The summed E-state index contributed by atoms with van der Waals surface area (Å²) < 4.78 is 19.7. The highest BCUT2D eigenvalue weighted by Gasteiger charge is 2.32. The SMILES string of the molecule is CC(=O)NCC1CN(c2ccc(-c3ccc(C)nc3)c(F)c2)C(=O)O1.N/C=C(/CCN)NN. The van der Waals surface area contributed by atoms with Crippen LogP contribution in [0, 0.1) is 12.7 Å². The normalized spacial score (nSPS) is 15.4. The topological polar surface area (TPSA) is 162 Å². The van der Waals surface area contributed by atoms with E-state index in [2.05, 4.69) is 15.7 Å². The van der Waals surface area contributed by atoms with Crippen LogP contribution in [-0.2, 0) is 9.53 Å². The molecule has 0 aliphatic carbocycles. The van der Waals surface area contributed by atoms with Crippen molar-refractivity contribution in [3.8, 4) is 11.1 Å². The molecule has 0 bridgehead atoms. The predicted octanol–water partition coefficient (Wildman–Crippen LogP) is 1.26. The van der Waals surface area contributed by atoms with Crippen LogP contribution in [0.25, 0.3) is 11.1 Å². The molecule has 1 aliphatic rings. The van der Waals surface area contributed by atoms with Crippen molar-refractivity contribution in [3.05, 3.63) is 59.9 Å². The smallest absolute Gasteiger partial charge is 0.414 e. The van der Waals surface area contributed by atoms with Gasteiger partial charge in [-0.25, -0.2) is 9.18 Å². The molecule has 0 spiro atoms. The van der Waals surface area contributed by atoms with Gasteiger partial charge in [0.25, 0.3) is 0 Å². The van der Waals surface area contributed by atoms with Crippen LogP contribution in [0.15, 0.2) is 48.4 Å². The predicted molar refractivity (Wildman–Crippen MR) is 124 cm³/mol. The lowest BCUT2D eigenvalue weighted by Gasteiger charge is -2.14. The number of halogens is 1. The highest BCUT2D eigenvalue weighted by atomic mass is 19.1. The second-order valence-corrected chi connectivity index (χ2v) is 7.28. The van der Waals surface area contributed by atoms with Gasteiger partial charge >= 0.3 is 6.09 Å². The van der Waals surface area contributed by atoms with Crippen LogP contribution >= 0.6 is 0 Å². The van der Waals surface area contributed by atoms with Crippen molar-refractivity contribution in [2.45, 2.75) is 26.4 Å². The fourth-order valence-electron chi connectivity index (χ4n) is 2.99. The molecule has 1 saturated heterocycles. The van der Waals surface area contributed by atoms with Crippen molar-refractivity contribution in [1.29, 1.82) is 0 Å². The van der Waals surface area contributed by atoms with Gasteiger partial charge in [0.05, 0.1) is 18.8 Å². The number of nitrogens with two attached hydrogens (primary N) is 3. The lowest BCUT2D eigenvalue weighted by Crippen LogP contribution is -2.33. The van der Waals surface area contributed by atoms with Crippen LogP contribution in [-0.4, -0.2) is 42.7 Å². The molecule has 1 aliphatic heterocycles. The number of nitrogens with zero attached hydrogens (tertiary/aromatic N) is 2. The number of amides is 2. The number of benzene rings is 1. The second-order valence-electron chi connectivity index (χ2n) is 7.28. The summed E-state index contributed by atoms with van der Waals surface area (Å²) in [4.78, 5) is 28.5. The van der Waals surface area contributed by atoms with Crippen molar-refractivity contribution in [2.75, 3.05) is 24.5 Å². The van der Waals surface area contributed by atoms with E-state index in [0.717, 1.165) is 11.4 Å². The molecule has 8 N–H and O–H groups in total. The average Bonchev–Trinajstić information content (AvgIpc) is 3.17. The highest BCUT2D eigenvalue weighted by molar-refractivity contribution is 5.90. The summed E-state index contributed by atoms with van der Waals surface area (Å²) in [6.45, 7) is 4.30. The van der Waals surface area contributed by atoms with Crippen LogP contribution in [0.1, 0.15) is 19.0 Å². The van der Waals surface area contributed by atoms with Gasteiger partial charge < -0.3 is 26.9 Å². The molecule has 2 amide bonds. The van der Waals surface area contributed by atoms with Crippen LogP contribution in [0.4, 0.5) is 14.9 Å². The van der Waals surface area contributed by atoms with Gasteiger partial charge in [-0.15, -0.1) is 0 Å². The van der Waals surface area contributed by atoms with Crippen LogP contribution < -0.4 is 33.0 Å². The summed E-state index contributed by atoms with van der Waals surface area (Å²) >= 11 is 0. The van der Waals surface area contributed by atoms with Crippen molar-refractivity contribution in [2.24, 2.45) is 17.3 Å². The molecule has 10 nitrogen and oxygen atoms in total. The van der Waals surface area contributed by atoms with Crippen molar-refractivity contribution >= 4 is 17.7 Å². The standard InChI is InChI=1S/C18H18FN3O3.C4H12N4/c1-11-3-4-13(8-20-11)16-6-5-14(7-17(16)19)22-10-15(25-18(22)24)9-21-12(2)23;5-2-1-4(3-6)8-7/h3-8,15H,9-10H2,1-2H3,(H,21,23);3,8H,1-2,5-7H2/b;4-3-. The van der Waals surface area contributed by atoms with E-state index in [0.29, 0.717) is 29.8 Å². The number of carbonyl (C=O) groups is 2. The number of carbonyl (C=O) groups excluding carboxylic acids is 2. The van der Waals surface area contributed by atoms with Crippen LogP contribution in [0.2, 0.25) is 0 Å². The number of hydrazine groups is 1. The Hall–Kier alpha value is -3.70. The van der Waals surface area contributed by atoms with E-state index in [1.165, 1.54) is 24.1 Å². The van der Waals surface area contributed by atoms with E-state index < -0.39 is 18.0 Å². The van der Waals surface area contributed by atoms with Crippen LogP contribution in [0.3, 0.4) is 0 Å². The minimum absolute atomic E-state index is 0.198. The molecule has 0 radical (unpaired) electrons. The third kappa shape index (κ3) is 7.44. The molecular formula is C22H30FN7O3. The zero-order valence-electron chi connectivity index (χ0n) is 18.7. The second kappa shape index (κ2) is 12.4. The molecule has 0 saturated carbocycles. The lowest BCUT2D eigenvalue weighted by atomic mass is 10.1. The molecule has 2 aromatic rings. The minimum Gasteiger partial charge on any atom is -0.442 e. The molecule has 3 rings (SSSR count). The van der Waals surface area contributed by atoms with Gasteiger partial charge in [0, 0.05) is 48.3 Å². The van der Waals surface area contributed by atoms with Crippen molar-refractivity contribution in [1.82, 2.24) is 15.7 Å². The number of aryl methyl sites for hydroxylation is 1. The summed E-state index contributed by atoms with van der Waals surface area (Å²) in [6.07, 6.45) is 2.71. The number of cyclic esters (lactones) is 1. The molecule has 178 valence electrons. The quantitative estimate of drug-likeness (QED) is 0.305. The Morgan fingerprint density at radius 3 is 2.64 bits per heavy atom. The van der Waals surface area contributed by atoms with E-state index >= 15 is 0 Å². The first kappa shape index (κ1) is 25.6. The number of hydrogen-bond donors (Lipinski definition) is 5. The van der Waals surface area contributed by atoms with Crippen molar-refractivity contribution in [3.63, 3.8) is 0 Å². The van der Waals surface area contributed by atoms with Gasteiger partial charge in [0.2, 0.25) is 5.91 Å². The van der Waals surface area contributed by atoms with E-state index in [1.807, 2.05) is 13.0 Å². The number of ether oxygens (including phenoxy) is 1. The fourth-order valence-corrected chi connectivity index (χ4v) is 2.99. The molecule has 11 heteroatoms. The maximum Gasteiger partial charge on any atom is 0.414 e. The van der Waals surface area contributed by atoms with Gasteiger partial charge in [0.1, 0.15) is 11.9 Å². The monoisotopic (exact) mass is 459 g/mol. The number of pyridine rings is 1. The molecule has 1 aromatic carbocycles. The molecule has 1 unspecified atom stereocenters. The third-order valence-electron chi connectivity index (χ3n) is 4.74. The molecule has 1 aromatic heterocycles. The molecule has 2 heterocycles. The van der Waals surface area contributed by atoms with Gasteiger partial charge in [-0.3, -0.25) is 20.5 Å². The zero-order valence-corrected chi connectivity index (χ0v) is 18.7.